The topological polar surface area (TPSA) is 116 Å². The van der Waals surface area contributed by atoms with Gasteiger partial charge in [-0.1, -0.05) is 0 Å². The van der Waals surface area contributed by atoms with Crippen molar-refractivity contribution >= 4 is 28.3 Å². The van der Waals surface area contributed by atoms with Crippen LogP contribution in [0.5, 0.6) is 5.75 Å². The maximum absolute atomic E-state index is 12.7. The highest BCUT2D eigenvalue weighted by Gasteiger charge is 2.38. The number of methoxy groups -OCH3 is 1. The first kappa shape index (κ1) is 19.7. The Kier molecular flexibility index (Phi) is 6.41. The number of carbonyl (C=O) groups excluding carboxylic acids is 1. The molecule has 1 fully saturated rings. The van der Waals surface area contributed by atoms with Gasteiger partial charge in [0.25, 0.3) is 5.91 Å². The van der Waals surface area contributed by atoms with Gasteiger partial charge in [-0.15, -0.1) is 12.4 Å². The number of hydrogen-bond donors (Lipinski definition) is 2. The van der Waals surface area contributed by atoms with Crippen molar-refractivity contribution in [2.45, 2.75) is 23.8 Å². The van der Waals surface area contributed by atoms with Gasteiger partial charge < -0.3 is 16.2 Å². The molecule has 1 atom stereocenters. The fraction of sp³-hybridized carbons (Fsp3) is 0.500. The molecule has 0 heterocycles. The molecule has 1 unspecified atom stereocenters. The Balaban J connectivity index is 0.00000264. The number of amides is 1. The molecule has 1 aliphatic rings. The summed E-state index contributed by atoms with van der Waals surface area (Å²) in [7, 11) is -0.845. The molecule has 0 bridgehead atoms. The summed E-state index contributed by atoms with van der Waals surface area (Å²) in [6.07, 6.45) is 1.97. The third kappa shape index (κ3) is 3.95. The SMILES string of the molecule is COc1ccc(S(=O)(=O)N(C)C(CN)C2CC2)cc1C(N)=O.Cl. The van der Waals surface area contributed by atoms with Crippen molar-refractivity contribution in [3.63, 3.8) is 0 Å². The van der Waals surface area contributed by atoms with E-state index in [-0.39, 0.29) is 41.2 Å². The highest BCUT2D eigenvalue weighted by molar-refractivity contribution is 7.89. The maximum atomic E-state index is 12.7. The first-order valence-corrected chi connectivity index (χ1v) is 8.43. The Labute approximate surface area is 142 Å². The molecule has 23 heavy (non-hydrogen) atoms. The Morgan fingerprint density at radius 1 is 1.43 bits per heavy atom. The van der Waals surface area contributed by atoms with E-state index in [0.29, 0.717) is 5.92 Å². The van der Waals surface area contributed by atoms with E-state index in [9.17, 15) is 13.2 Å². The van der Waals surface area contributed by atoms with Gasteiger partial charge in [0, 0.05) is 19.6 Å². The number of carbonyl (C=O) groups is 1. The Hall–Kier alpha value is -1.35. The summed E-state index contributed by atoms with van der Waals surface area (Å²) in [6.45, 7) is 0.263. The molecule has 1 aliphatic carbocycles. The van der Waals surface area contributed by atoms with Crippen molar-refractivity contribution < 1.29 is 17.9 Å². The number of halogens is 1. The van der Waals surface area contributed by atoms with Crippen LogP contribution in [0.25, 0.3) is 0 Å². The molecular formula is C14H22ClN3O4S. The number of likely N-dealkylation sites (N-methyl/N-ethyl adjacent to an activating group) is 1. The molecule has 0 saturated heterocycles. The lowest BCUT2D eigenvalue weighted by molar-refractivity contribution is 0.0997. The second kappa shape index (κ2) is 7.48. The minimum atomic E-state index is -3.75. The molecule has 7 nitrogen and oxygen atoms in total. The minimum absolute atomic E-state index is 0. The van der Waals surface area contributed by atoms with Gasteiger partial charge in [-0.2, -0.15) is 4.31 Å². The summed E-state index contributed by atoms with van der Waals surface area (Å²) in [5.41, 5.74) is 11.0. The number of benzene rings is 1. The van der Waals surface area contributed by atoms with Crippen molar-refractivity contribution in [1.82, 2.24) is 4.31 Å². The van der Waals surface area contributed by atoms with Gasteiger partial charge in [0.05, 0.1) is 17.6 Å². The van der Waals surface area contributed by atoms with Gasteiger partial charge in [-0.05, 0) is 37.0 Å². The lowest BCUT2D eigenvalue weighted by Crippen LogP contribution is -2.43. The van der Waals surface area contributed by atoms with Crippen LogP contribution in [0, 0.1) is 5.92 Å². The largest absolute Gasteiger partial charge is 0.496 e. The van der Waals surface area contributed by atoms with Gasteiger partial charge in [0.1, 0.15) is 5.75 Å². The molecule has 0 radical (unpaired) electrons. The Morgan fingerprint density at radius 3 is 2.48 bits per heavy atom. The van der Waals surface area contributed by atoms with Gasteiger partial charge in [-0.25, -0.2) is 8.42 Å². The molecule has 9 heteroatoms. The van der Waals surface area contributed by atoms with E-state index >= 15 is 0 Å². The van der Waals surface area contributed by atoms with E-state index in [4.69, 9.17) is 16.2 Å². The van der Waals surface area contributed by atoms with Crippen molar-refractivity contribution in [1.29, 1.82) is 0 Å². The standard InChI is InChI=1S/C14H21N3O4S.ClH/c1-17(12(8-15)9-3-4-9)22(19,20)10-5-6-13(21-2)11(7-10)14(16)18;/h5-7,9,12H,3-4,8,15H2,1-2H3,(H2,16,18);1H. The second-order valence-corrected chi connectivity index (χ2v) is 7.39. The van der Waals surface area contributed by atoms with Gasteiger partial charge in [0.15, 0.2) is 0 Å². The van der Waals surface area contributed by atoms with Crippen LogP contribution in [0.4, 0.5) is 0 Å². The normalized spacial score (nSPS) is 15.8. The highest BCUT2D eigenvalue weighted by Crippen LogP contribution is 2.36. The van der Waals surface area contributed by atoms with Crippen LogP contribution in [-0.2, 0) is 10.0 Å². The predicted molar refractivity (Wildman–Crippen MR) is 89.3 cm³/mol. The number of primary amides is 1. The minimum Gasteiger partial charge on any atom is -0.496 e. The maximum Gasteiger partial charge on any atom is 0.252 e. The van der Waals surface area contributed by atoms with E-state index in [1.807, 2.05) is 0 Å². The Bertz CT molecular complexity index is 677. The lowest BCUT2D eigenvalue weighted by atomic mass is 10.2. The molecule has 0 spiro atoms. The molecule has 0 aliphatic heterocycles. The average molecular weight is 364 g/mol. The molecular weight excluding hydrogens is 342 g/mol. The summed E-state index contributed by atoms with van der Waals surface area (Å²) < 4.78 is 31.7. The fourth-order valence-corrected chi connectivity index (χ4v) is 3.96. The zero-order valence-electron chi connectivity index (χ0n) is 13.1. The summed E-state index contributed by atoms with van der Waals surface area (Å²) in [4.78, 5) is 11.5. The third-order valence-corrected chi connectivity index (χ3v) is 5.87. The van der Waals surface area contributed by atoms with E-state index in [0.717, 1.165) is 12.8 Å². The predicted octanol–water partition coefficient (Wildman–Crippen LogP) is 0.574. The van der Waals surface area contributed by atoms with Crippen LogP contribution in [0.2, 0.25) is 0 Å². The molecule has 1 aromatic carbocycles. The number of ether oxygens (including phenoxy) is 1. The zero-order valence-corrected chi connectivity index (χ0v) is 14.7. The van der Waals surface area contributed by atoms with Gasteiger partial charge >= 0.3 is 0 Å². The molecule has 0 aromatic heterocycles. The summed E-state index contributed by atoms with van der Waals surface area (Å²) in [6, 6.07) is 3.84. The van der Waals surface area contributed by atoms with E-state index in [1.165, 1.54) is 36.7 Å². The quantitative estimate of drug-likeness (QED) is 0.734. The first-order chi connectivity index (χ1) is 10.3. The van der Waals surface area contributed by atoms with E-state index in [1.54, 1.807) is 0 Å². The lowest BCUT2D eigenvalue weighted by Gasteiger charge is -2.26. The summed E-state index contributed by atoms with van der Waals surface area (Å²) in [5.74, 6) is -0.195. The van der Waals surface area contributed by atoms with Crippen molar-refractivity contribution in [2.24, 2.45) is 17.4 Å². The number of sulfonamides is 1. The van der Waals surface area contributed by atoms with Crippen molar-refractivity contribution in [3.05, 3.63) is 23.8 Å². The molecule has 2 rings (SSSR count). The van der Waals surface area contributed by atoms with E-state index in [2.05, 4.69) is 0 Å². The monoisotopic (exact) mass is 363 g/mol. The molecule has 1 aromatic rings. The Morgan fingerprint density at radius 2 is 2.04 bits per heavy atom. The third-order valence-electron chi connectivity index (χ3n) is 3.99. The fourth-order valence-electron chi connectivity index (χ4n) is 2.50. The zero-order chi connectivity index (χ0) is 16.5. The first-order valence-electron chi connectivity index (χ1n) is 6.98. The number of hydrogen-bond acceptors (Lipinski definition) is 5. The molecule has 1 saturated carbocycles. The highest BCUT2D eigenvalue weighted by atomic mass is 35.5. The van der Waals surface area contributed by atoms with Crippen LogP contribution in [0.1, 0.15) is 23.2 Å². The van der Waals surface area contributed by atoms with Gasteiger partial charge in [-0.3, -0.25) is 4.79 Å². The van der Waals surface area contributed by atoms with Crippen molar-refractivity contribution in [2.75, 3.05) is 20.7 Å². The number of nitrogens with two attached hydrogens (primary N) is 2. The van der Waals surface area contributed by atoms with Crippen LogP contribution in [0.3, 0.4) is 0 Å². The second-order valence-electron chi connectivity index (χ2n) is 5.39. The van der Waals surface area contributed by atoms with Crippen LogP contribution in [0.15, 0.2) is 23.1 Å². The summed E-state index contributed by atoms with van der Waals surface area (Å²) in [5, 5.41) is 0. The average Bonchev–Trinajstić information content (AvgIpc) is 3.31. The molecule has 1 amide bonds. The number of nitrogens with zero attached hydrogens (tertiary/aromatic N) is 1. The van der Waals surface area contributed by atoms with Crippen LogP contribution < -0.4 is 16.2 Å². The van der Waals surface area contributed by atoms with Gasteiger partial charge in [0.2, 0.25) is 10.0 Å². The van der Waals surface area contributed by atoms with Crippen LogP contribution >= 0.6 is 12.4 Å². The number of rotatable bonds is 7. The van der Waals surface area contributed by atoms with E-state index < -0.39 is 15.9 Å². The smallest absolute Gasteiger partial charge is 0.252 e. The van der Waals surface area contributed by atoms with Crippen molar-refractivity contribution in [3.8, 4) is 5.75 Å². The molecule has 4 N–H and O–H groups in total. The summed E-state index contributed by atoms with van der Waals surface area (Å²) >= 11 is 0. The molecule has 130 valence electrons. The van der Waals surface area contributed by atoms with Crippen LogP contribution in [-0.4, -0.2) is 45.4 Å².